The van der Waals surface area contributed by atoms with E-state index in [1.807, 2.05) is 0 Å². The molecule has 0 heterocycles. The predicted molar refractivity (Wildman–Crippen MR) is 65.4 cm³/mol. The average Bonchev–Trinajstić information content (AvgIpc) is 2.35. The van der Waals surface area contributed by atoms with E-state index >= 15 is 0 Å². The van der Waals surface area contributed by atoms with Crippen LogP contribution < -0.4 is 4.74 Å². The molecule has 20 heavy (non-hydrogen) atoms. The fourth-order valence-corrected chi connectivity index (χ4v) is 2.53. The molecule has 1 saturated carbocycles. The summed E-state index contributed by atoms with van der Waals surface area (Å²) < 4.78 is 49.8. The molecule has 0 saturated heterocycles. The summed E-state index contributed by atoms with van der Waals surface area (Å²) in [5.41, 5.74) is -1.27. The van der Waals surface area contributed by atoms with Gasteiger partial charge in [0.25, 0.3) is 5.92 Å². The van der Waals surface area contributed by atoms with Crippen molar-refractivity contribution in [1.29, 1.82) is 0 Å². The fraction of sp³-hybridized carbons (Fsp3) is 0.500. The lowest BCUT2D eigenvalue weighted by Gasteiger charge is -2.45. The van der Waals surface area contributed by atoms with E-state index in [2.05, 4.69) is 0 Å². The van der Waals surface area contributed by atoms with E-state index in [-0.39, 0.29) is 17.9 Å². The van der Waals surface area contributed by atoms with Gasteiger partial charge in [0, 0.05) is 12.8 Å². The predicted octanol–water partition coefficient (Wildman–Crippen LogP) is 3.06. The smallest absolute Gasteiger partial charge is 0.317 e. The number of methoxy groups -OCH3 is 1. The van der Waals surface area contributed by atoms with Crippen molar-refractivity contribution in [3.8, 4) is 5.75 Å². The number of alkyl halides is 2. The summed E-state index contributed by atoms with van der Waals surface area (Å²) >= 11 is 0. The van der Waals surface area contributed by atoms with Gasteiger partial charge in [-0.05, 0) is 24.6 Å². The van der Waals surface area contributed by atoms with Gasteiger partial charge >= 0.3 is 5.97 Å². The van der Waals surface area contributed by atoms with Gasteiger partial charge in [-0.1, -0.05) is 6.07 Å². The van der Waals surface area contributed by atoms with Crippen LogP contribution in [0.2, 0.25) is 0 Å². The van der Waals surface area contributed by atoms with Crippen LogP contribution in [0, 0.1) is 5.82 Å². The second-order valence-electron chi connectivity index (χ2n) is 4.86. The molecular formula is C14H15F3O3. The summed E-state index contributed by atoms with van der Waals surface area (Å²) in [6, 6.07) is 3.81. The van der Waals surface area contributed by atoms with E-state index in [0.717, 1.165) is 6.07 Å². The second kappa shape index (κ2) is 5.00. The summed E-state index contributed by atoms with van der Waals surface area (Å²) in [5, 5.41) is 0. The number of carbonyl (C=O) groups is 1. The zero-order valence-corrected chi connectivity index (χ0v) is 11.2. The average molecular weight is 288 g/mol. The molecule has 110 valence electrons. The van der Waals surface area contributed by atoms with E-state index in [0.29, 0.717) is 0 Å². The molecule has 0 spiro atoms. The number of halogens is 3. The van der Waals surface area contributed by atoms with E-state index in [9.17, 15) is 18.0 Å². The van der Waals surface area contributed by atoms with Crippen molar-refractivity contribution in [2.24, 2.45) is 0 Å². The largest absolute Gasteiger partial charge is 0.494 e. The van der Waals surface area contributed by atoms with Gasteiger partial charge in [0.05, 0.1) is 13.7 Å². The van der Waals surface area contributed by atoms with Gasteiger partial charge in [-0.15, -0.1) is 0 Å². The Balaban J connectivity index is 2.38. The van der Waals surface area contributed by atoms with Crippen molar-refractivity contribution in [2.75, 3.05) is 13.7 Å². The number of ether oxygens (including phenoxy) is 2. The summed E-state index contributed by atoms with van der Waals surface area (Å²) in [7, 11) is 1.30. The van der Waals surface area contributed by atoms with Crippen LogP contribution in [0.1, 0.15) is 25.3 Å². The molecule has 2 rings (SSSR count). The molecule has 1 aromatic rings. The highest BCUT2D eigenvalue weighted by Gasteiger charge is 2.62. The highest BCUT2D eigenvalue weighted by molar-refractivity contribution is 5.85. The maximum Gasteiger partial charge on any atom is 0.317 e. The summed E-state index contributed by atoms with van der Waals surface area (Å²) in [6.07, 6.45) is -1.32. The van der Waals surface area contributed by atoms with Crippen molar-refractivity contribution < 1.29 is 27.4 Å². The van der Waals surface area contributed by atoms with Crippen molar-refractivity contribution in [1.82, 2.24) is 0 Å². The quantitative estimate of drug-likeness (QED) is 0.799. The Hall–Kier alpha value is -1.72. The topological polar surface area (TPSA) is 35.5 Å². The zero-order chi connectivity index (χ0) is 15.0. The minimum absolute atomic E-state index is 0.00107. The van der Waals surface area contributed by atoms with Crippen LogP contribution in [0.15, 0.2) is 18.2 Å². The summed E-state index contributed by atoms with van der Waals surface area (Å²) in [4.78, 5) is 12.0. The lowest BCUT2D eigenvalue weighted by atomic mass is 9.62. The van der Waals surface area contributed by atoms with Crippen LogP contribution in [0.5, 0.6) is 5.75 Å². The standard InChI is InChI=1S/C14H15F3O3/c1-3-20-12(18)13(7-14(16,17)8-13)9-4-5-11(19-2)10(15)6-9/h4-6H,3,7-8H2,1-2H3. The Kier molecular flexibility index (Phi) is 3.67. The molecule has 0 radical (unpaired) electrons. The molecule has 1 aromatic carbocycles. The molecule has 0 aliphatic heterocycles. The number of esters is 1. The van der Waals surface area contributed by atoms with Crippen molar-refractivity contribution in [2.45, 2.75) is 31.1 Å². The SMILES string of the molecule is CCOC(=O)C1(c2ccc(OC)c(F)c2)CC(F)(F)C1. The van der Waals surface area contributed by atoms with Gasteiger partial charge in [0.1, 0.15) is 5.41 Å². The first-order valence-corrected chi connectivity index (χ1v) is 6.24. The molecule has 0 N–H and O–H groups in total. The van der Waals surface area contributed by atoms with E-state index < -0.39 is 36.0 Å². The van der Waals surface area contributed by atoms with Crippen molar-refractivity contribution >= 4 is 5.97 Å². The van der Waals surface area contributed by atoms with Gasteiger partial charge in [-0.25, -0.2) is 13.2 Å². The minimum Gasteiger partial charge on any atom is -0.494 e. The summed E-state index contributed by atoms with van der Waals surface area (Å²) in [5.74, 6) is -4.36. The van der Waals surface area contributed by atoms with Gasteiger partial charge in [-0.2, -0.15) is 0 Å². The maximum atomic E-state index is 13.7. The van der Waals surface area contributed by atoms with Crippen LogP contribution in [0.3, 0.4) is 0 Å². The molecule has 6 heteroatoms. The summed E-state index contributed by atoms with van der Waals surface area (Å²) in [6.45, 7) is 1.68. The minimum atomic E-state index is -2.93. The van der Waals surface area contributed by atoms with Crippen LogP contribution in [-0.4, -0.2) is 25.6 Å². The molecule has 1 aliphatic carbocycles. The van der Waals surface area contributed by atoms with E-state index in [4.69, 9.17) is 9.47 Å². The third-order valence-corrected chi connectivity index (χ3v) is 3.49. The van der Waals surface area contributed by atoms with Crippen LogP contribution in [0.25, 0.3) is 0 Å². The molecular weight excluding hydrogens is 273 g/mol. The highest BCUT2D eigenvalue weighted by Crippen LogP contribution is 2.54. The molecule has 1 aliphatic rings. The normalized spacial score (nSPS) is 19.1. The molecule has 3 nitrogen and oxygen atoms in total. The molecule has 0 atom stereocenters. The first-order chi connectivity index (χ1) is 9.34. The first kappa shape index (κ1) is 14.7. The van der Waals surface area contributed by atoms with E-state index in [1.54, 1.807) is 6.92 Å². The third kappa shape index (κ3) is 2.34. The Morgan fingerprint density at radius 1 is 1.35 bits per heavy atom. The molecule has 0 amide bonds. The first-order valence-electron chi connectivity index (χ1n) is 6.24. The third-order valence-electron chi connectivity index (χ3n) is 3.49. The Morgan fingerprint density at radius 3 is 2.45 bits per heavy atom. The van der Waals surface area contributed by atoms with E-state index in [1.165, 1.54) is 19.2 Å². The lowest BCUT2D eigenvalue weighted by molar-refractivity contribution is -0.179. The number of rotatable bonds is 4. The van der Waals surface area contributed by atoms with Gasteiger partial charge < -0.3 is 9.47 Å². The van der Waals surface area contributed by atoms with Crippen LogP contribution in [-0.2, 0) is 14.9 Å². The van der Waals surface area contributed by atoms with Gasteiger partial charge in [-0.3, -0.25) is 4.79 Å². The van der Waals surface area contributed by atoms with Gasteiger partial charge in [0.2, 0.25) is 0 Å². The Bertz CT molecular complexity index is 520. The second-order valence-corrected chi connectivity index (χ2v) is 4.86. The van der Waals surface area contributed by atoms with Crippen molar-refractivity contribution in [3.05, 3.63) is 29.6 Å². The van der Waals surface area contributed by atoms with Crippen LogP contribution in [0.4, 0.5) is 13.2 Å². The number of hydrogen-bond acceptors (Lipinski definition) is 3. The Labute approximate surface area is 114 Å². The monoisotopic (exact) mass is 288 g/mol. The molecule has 0 unspecified atom stereocenters. The molecule has 1 fully saturated rings. The number of carbonyl (C=O) groups excluding carboxylic acids is 1. The van der Waals surface area contributed by atoms with Gasteiger partial charge in [0.15, 0.2) is 11.6 Å². The molecule has 0 bridgehead atoms. The highest BCUT2D eigenvalue weighted by atomic mass is 19.3. The molecule has 0 aromatic heterocycles. The van der Waals surface area contributed by atoms with Crippen molar-refractivity contribution in [3.63, 3.8) is 0 Å². The lowest BCUT2D eigenvalue weighted by Crippen LogP contribution is -2.55. The Morgan fingerprint density at radius 2 is 2.00 bits per heavy atom. The van der Waals surface area contributed by atoms with Crippen LogP contribution >= 0.6 is 0 Å². The fourth-order valence-electron chi connectivity index (χ4n) is 2.53. The number of benzene rings is 1. The number of hydrogen-bond donors (Lipinski definition) is 0. The zero-order valence-electron chi connectivity index (χ0n) is 11.2. The maximum absolute atomic E-state index is 13.7.